The predicted octanol–water partition coefficient (Wildman–Crippen LogP) is 4.46. The lowest BCUT2D eigenvalue weighted by atomic mass is 9.88. The Bertz CT molecular complexity index is 321. The predicted molar refractivity (Wildman–Crippen MR) is 72.6 cm³/mol. The lowest BCUT2D eigenvalue weighted by Crippen LogP contribution is -2.06. The van der Waals surface area contributed by atoms with Crippen molar-refractivity contribution < 1.29 is 0 Å². The fourth-order valence-corrected chi connectivity index (χ4v) is 2.22. The van der Waals surface area contributed by atoms with Gasteiger partial charge in [0.2, 0.25) is 0 Å². The van der Waals surface area contributed by atoms with E-state index in [2.05, 4.69) is 52.8 Å². The zero-order valence-electron chi connectivity index (χ0n) is 11.2. The van der Waals surface area contributed by atoms with E-state index in [4.69, 9.17) is 0 Å². The molecule has 0 nitrogen and oxygen atoms in total. The van der Waals surface area contributed by atoms with Gasteiger partial charge in [0.05, 0.1) is 0 Å². The minimum atomic E-state index is 0.721. The van der Waals surface area contributed by atoms with E-state index < -0.39 is 0 Å². The van der Waals surface area contributed by atoms with Crippen LogP contribution in [0.3, 0.4) is 0 Å². The molecule has 89 valence electrons. The molecule has 0 N–H and O–H groups in total. The number of hydrogen-bond donors (Lipinski definition) is 0. The molecule has 0 aliphatic carbocycles. The largest absolute Gasteiger partial charge is 0.0625 e. The van der Waals surface area contributed by atoms with E-state index in [0.29, 0.717) is 0 Å². The molecular weight excluding hydrogens is 192 g/mol. The number of benzene rings is 1. The lowest BCUT2D eigenvalue weighted by Gasteiger charge is -2.17. The Morgan fingerprint density at radius 3 is 2.00 bits per heavy atom. The van der Waals surface area contributed by atoms with Gasteiger partial charge in [0.15, 0.2) is 0 Å². The number of hydrogen-bond acceptors (Lipinski definition) is 0. The Morgan fingerprint density at radius 1 is 0.938 bits per heavy atom. The van der Waals surface area contributed by atoms with E-state index in [-0.39, 0.29) is 0 Å². The van der Waals surface area contributed by atoms with Crippen LogP contribution in [-0.2, 0) is 19.3 Å². The van der Waals surface area contributed by atoms with Crippen LogP contribution in [0.2, 0.25) is 0 Å². The normalized spacial score (nSPS) is 11.4. The summed E-state index contributed by atoms with van der Waals surface area (Å²) in [6.07, 6.45) is 3.29. The van der Waals surface area contributed by atoms with Gasteiger partial charge in [-0.1, -0.05) is 45.9 Å². The van der Waals surface area contributed by atoms with Crippen molar-refractivity contribution in [3.63, 3.8) is 0 Å². The molecule has 0 heteroatoms. The van der Waals surface area contributed by atoms with E-state index >= 15 is 0 Å². The Morgan fingerprint density at radius 2 is 1.50 bits per heavy atom. The fraction of sp³-hybridized carbons (Fsp3) is 0.562. The summed E-state index contributed by atoms with van der Waals surface area (Å²) in [6.45, 7) is 13.2. The van der Waals surface area contributed by atoms with Crippen LogP contribution in [-0.4, -0.2) is 0 Å². The second-order valence-corrected chi connectivity index (χ2v) is 5.50. The summed E-state index contributed by atoms with van der Waals surface area (Å²) in [6, 6.07) is 6.70. The Kier molecular flexibility index (Phi) is 5.05. The van der Waals surface area contributed by atoms with Crippen molar-refractivity contribution >= 4 is 0 Å². The molecule has 0 saturated heterocycles. The van der Waals surface area contributed by atoms with Crippen LogP contribution in [0.25, 0.3) is 0 Å². The van der Waals surface area contributed by atoms with E-state index in [1.807, 2.05) is 0 Å². The summed E-state index contributed by atoms with van der Waals surface area (Å²) in [4.78, 5) is 0. The molecule has 0 bridgehead atoms. The third kappa shape index (κ3) is 3.66. The topological polar surface area (TPSA) is 0 Å². The number of rotatable bonds is 5. The van der Waals surface area contributed by atoms with Crippen molar-refractivity contribution in [3.05, 3.63) is 41.8 Å². The van der Waals surface area contributed by atoms with Crippen LogP contribution in [0.1, 0.15) is 44.4 Å². The Balaban J connectivity index is 3.04. The molecule has 0 fully saturated rings. The molecule has 0 aliphatic rings. The summed E-state index contributed by atoms with van der Waals surface area (Å²) in [5.41, 5.74) is 4.53. The first-order chi connectivity index (χ1) is 7.54. The van der Waals surface area contributed by atoms with E-state index in [1.165, 1.54) is 24.0 Å². The molecule has 0 aromatic heterocycles. The first kappa shape index (κ1) is 13.3. The average Bonchev–Trinajstić information content (AvgIpc) is 2.19. The first-order valence-corrected chi connectivity index (χ1v) is 6.43. The van der Waals surface area contributed by atoms with E-state index in [0.717, 1.165) is 18.3 Å². The molecule has 0 unspecified atom stereocenters. The third-order valence-electron chi connectivity index (χ3n) is 2.88. The smallest absolute Gasteiger partial charge is 0.0250 e. The molecule has 0 heterocycles. The van der Waals surface area contributed by atoms with Gasteiger partial charge < -0.3 is 0 Å². The Hall–Kier alpha value is -0.780. The zero-order valence-corrected chi connectivity index (χ0v) is 11.2. The van der Waals surface area contributed by atoms with Crippen molar-refractivity contribution in [2.24, 2.45) is 11.8 Å². The minimum Gasteiger partial charge on any atom is -0.0625 e. The van der Waals surface area contributed by atoms with Gasteiger partial charge in [0.1, 0.15) is 0 Å². The van der Waals surface area contributed by atoms with Gasteiger partial charge in [-0.15, -0.1) is 0 Å². The van der Waals surface area contributed by atoms with Crippen LogP contribution >= 0.6 is 0 Å². The van der Waals surface area contributed by atoms with Crippen LogP contribution in [0, 0.1) is 18.8 Å². The maximum absolute atomic E-state index is 4.04. The van der Waals surface area contributed by atoms with E-state index in [1.54, 1.807) is 5.56 Å². The molecule has 0 spiro atoms. The summed E-state index contributed by atoms with van der Waals surface area (Å²) in [5, 5.41) is 0. The van der Waals surface area contributed by atoms with Gasteiger partial charge in [0.25, 0.3) is 0 Å². The minimum absolute atomic E-state index is 0.721. The van der Waals surface area contributed by atoms with Crippen molar-refractivity contribution in [1.82, 2.24) is 0 Å². The summed E-state index contributed by atoms with van der Waals surface area (Å²) >= 11 is 0. The monoisotopic (exact) mass is 217 g/mol. The highest BCUT2D eigenvalue weighted by molar-refractivity contribution is 5.36. The van der Waals surface area contributed by atoms with Crippen LogP contribution in [0.15, 0.2) is 18.2 Å². The molecule has 1 aromatic carbocycles. The average molecular weight is 217 g/mol. The van der Waals surface area contributed by atoms with E-state index in [9.17, 15) is 0 Å². The second-order valence-electron chi connectivity index (χ2n) is 5.50. The molecule has 0 amide bonds. The molecule has 1 aromatic rings. The van der Waals surface area contributed by atoms with Gasteiger partial charge in [-0.05, 0) is 54.7 Å². The highest BCUT2D eigenvalue weighted by Gasteiger charge is 2.10. The molecule has 0 atom stereocenters. The molecular formula is C16H25. The standard InChI is InChI=1S/C16H25/c1-6-14-8-7-9-15(10-12(2)3)16(14)11-13(4)5/h7-9,12-13H,1,6,10-11H2,2-5H3. The SMILES string of the molecule is [CH2]Cc1cccc(CC(C)C)c1CC(C)C. The van der Waals surface area contributed by atoms with Crippen molar-refractivity contribution in [1.29, 1.82) is 0 Å². The fourth-order valence-electron chi connectivity index (χ4n) is 2.22. The van der Waals surface area contributed by atoms with Crippen molar-refractivity contribution in [2.75, 3.05) is 0 Å². The maximum atomic E-state index is 4.04. The van der Waals surface area contributed by atoms with Crippen LogP contribution in [0.4, 0.5) is 0 Å². The summed E-state index contributed by atoms with van der Waals surface area (Å²) in [7, 11) is 0. The molecule has 0 saturated carbocycles. The highest BCUT2D eigenvalue weighted by Crippen LogP contribution is 2.22. The van der Waals surface area contributed by atoms with Crippen LogP contribution < -0.4 is 0 Å². The molecule has 1 radical (unpaired) electrons. The lowest BCUT2D eigenvalue weighted by molar-refractivity contribution is 0.613. The molecule has 0 aliphatic heterocycles. The van der Waals surface area contributed by atoms with Crippen molar-refractivity contribution in [3.8, 4) is 0 Å². The highest BCUT2D eigenvalue weighted by atomic mass is 14.1. The maximum Gasteiger partial charge on any atom is -0.0250 e. The van der Waals surface area contributed by atoms with Crippen LogP contribution in [0.5, 0.6) is 0 Å². The quantitative estimate of drug-likeness (QED) is 0.683. The van der Waals surface area contributed by atoms with Gasteiger partial charge in [-0.25, -0.2) is 0 Å². The zero-order chi connectivity index (χ0) is 12.1. The van der Waals surface area contributed by atoms with Gasteiger partial charge in [0, 0.05) is 0 Å². The first-order valence-electron chi connectivity index (χ1n) is 6.43. The second kappa shape index (κ2) is 6.08. The summed E-state index contributed by atoms with van der Waals surface area (Å²) < 4.78 is 0. The van der Waals surface area contributed by atoms with Gasteiger partial charge in [-0.3, -0.25) is 0 Å². The molecule has 16 heavy (non-hydrogen) atoms. The van der Waals surface area contributed by atoms with Gasteiger partial charge >= 0.3 is 0 Å². The van der Waals surface area contributed by atoms with Gasteiger partial charge in [-0.2, -0.15) is 0 Å². The third-order valence-corrected chi connectivity index (χ3v) is 2.88. The van der Waals surface area contributed by atoms with Crippen molar-refractivity contribution in [2.45, 2.75) is 47.0 Å². The Labute approximate surface area is 101 Å². The summed E-state index contributed by atoms with van der Waals surface area (Å²) in [5.74, 6) is 1.45. The molecule has 1 rings (SSSR count).